The normalized spacial score (nSPS) is 16.8. The molecule has 0 radical (unpaired) electrons. The van der Waals surface area contributed by atoms with E-state index >= 15 is 0 Å². The Kier molecular flexibility index (Phi) is 6.55. The summed E-state index contributed by atoms with van der Waals surface area (Å²) < 4.78 is 0. The highest BCUT2D eigenvalue weighted by atomic mass is 15.1. The number of nitrogens with zero attached hydrogens (tertiary/aromatic N) is 1. The molecule has 0 atom stereocenters. The first-order chi connectivity index (χ1) is 9.85. The van der Waals surface area contributed by atoms with Gasteiger partial charge in [0.1, 0.15) is 0 Å². The fourth-order valence-electron chi connectivity index (χ4n) is 3.31. The first kappa shape index (κ1) is 15.5. The zero-order valence-electron chi connectivity index (χ0n) is 13.2. The molecular formula is C18H30N2. The van der Waals surface area contributed by atoms with Crippen LogP contribution in [0.4, 0.5) is 0 Å². The van der Waals surface area contributed by atoms with E-state index in [2.05, 4.69) is 48.3 Å². The first-order valence-corrected chi connectivity index (χ1v) is 8.36. The maximum absolute atomic E-state index is 3.46. The zero-order chi connectivity index (χ0) is 14.2. The van der Waals surface area contributed by atoms with Gasteiger partial charge in [0.05, 0.1) is 0 Å². The minimum Gasteiger partial charge on any atom is -0.313 e. The summed E-state index contributed by atoms with van der Waals surface area (Å²) in [7, 11) is 0. The van der Waals surface area contributed by atoms with E-state index in [1.807, 2.05) is 0 Å². The second-order valence-corrected chi connectivity index (χ2v) is 5.90. The van der Waals surface area contributed by atoms with Crippen LogP contribution in [0.15, 0.2) is 24.3 Å². The zero-order valence-corrected chi connectivity index (χ0v) is 13.2. The van der Waals surface area contributed by atoms with Gasteiger partial charge in [-0.15, -0.1) is 0 Å². The topological polar surface area (TPSA) is 15.3 Å². The minimum atomic E-state index is 0.806. The third kappa shape index (κ3) is 4.32. The van der Waals surface area contributed by atoms with Crippen molar-refractivity contribution in [3.8, 4) is 0 Å². The lowest BCUT2D eigenvalue weighted by atomic mass is 9.93. The molecule has 1 saturated carbocycles. The summed E-state index contributed by atoms with van der Waals surface area (Å²) in [5.41, 5.74) is 2.96. The Hall–Kier alpha value is -0.860. The van der Waals surface area contributed by atoms with E-state index < -0.39 is 0 Å². The summed E-state index contributed by atoms with van der Waals surface area (Å²) in [5, 5.41) is 3.46. The minimum absolute atomic E-state index is 0.806. The fraction of sp³-hybridized carbons (Fsp3) is 0.667. The molecule has 20 heavy (non-hydrogen) atoms. The van der Waals surface area contributed by atoms with Crippen LogP contribution in [-0.4, -0.2) is 24.0 Å². The van der Waals surface area contributed by atoms with E-state index in [9.17, 15) is 0 Å². The van der Waals surface area contributed by atoms with Gasteiger partial charge in [-0.1, -0.05) is 57.4 Å². The molecule has 2 nitrogen and oxygen atoms in total. The van der Waals surface area contributed by atoms with Crippen molar-refractivity contribution in [2.45, 2.75) is 65.1 Å². The van der Waals surface area contributed by atoms with Crippen LogP contribution in [0.25, 0.3) is 0 Å². The van der Waals surface area contributed by atoms with Gasteiger partial charge in [0, 0.05) is 19.1 Å². The molecule has 1 aliphatic rings. The largest absolute Gasteiger partial charge is 0.313 e. The average Bonchev–Trinajstić information content (AvgIpc) is 2.52. The molecule has 1 N–H and O–H groups in total. The molecular weight excluding hydrogens is 244 g/mol. The Morgan fingerprint density at radius 3 is 2.40 bits per heavy atom. The van der Waals surface area contributed by atoms with E-state index in [0.717, 1.165) is 25.7 Å². The van der Waals surface area contributed by atoms with Crippen LogP contribution in [0.5, 0.6) is 0 Å². The molecule has 0 aliphatic heterocycles. The molecule has 0 heterocycles. The Morgan fingerprint density at radius 2 is 1.75 bits per heavy atom. The van der Waals surface area contributed by atoms with Crippen molar-refractivity contribution in [3.05, 3.63) is 35.4 Å². The third-order valence-corrected chi connectivity index (χ3v) is 4.55. The van der Waals surface area contributed by atoms with Crippen LogP contribution in [0.3, 0.4) is 0 Å². The summed E-state index contributed by atoms with van der Waals surface area (Å²) in [6.45, 7) is 8.79. The van der Waals surface area contributed by atoms with Gasteiger partial charge in [-0.2, -0.15) is 0 Å². The van der Waals surface area contributed by atoms with E-state index in [-0.39, 0.29) is 0 Å². The Bertz CT molecular complexity index is 383. The molecule has 0 unspecified atom stereocenters. The van der Waals surface area contributed by atoms with Crippen molar-refractivity contribution >= 4 is 0 Å². The number of hydrogen-bond acceptors (Lipinski definition) is 2. The highest BCUT2D eigenvalue weighted by Gasteiger charge is 2.20. The highest BCUT2D eigenvalue weighted by molar-refractivity contribution is 5.27. The summed E-state index contributed by atoms with van der Waals surface area (Å²) >= 11 is 0. The van der Waals surface area contributed by atoms with Gasteiger partial charge in [-0.05, 0) is 37.1 Å². The van der Waals surface area contributed by atoms with Gasteiger partial charge in [0.15, 0.2) is 0 Å². The maximum Gasteiger partial charge on any atom is 0.0239 e. The van der Waals surface area contributed by atoms with E-state index in [1.54, 1.807) is 0 Å². The number of benzene rings is 1. The number of rotatable bonds is 7. The molecule has 1 aromatic rings. The van der Waals surface area contributed by atoms with E-state index in [0.29, 0.717) is 0 Å². The van der Waals surface area contributed by atoms with Crippen molar-refractivity contribution in [1.29, 1.82) is 0 Å². The smallest absolute Gasteiger partial charge is 0.0239 e. The molecule has 0 saturated heterocycles. The maximum atomic E-state index is 3.46. The molecule has 1 aliphatic carbocycles. The molecule has 2 heteroatoms. The highest BCUT2D eigenvalue weighted by Crippen LogP contribution is 2.24. The summed E-state index contributed by atoms with van der Waals surface area (Å²) in [4.78, 5) is 2.68. The van der Waals surface area contributed by atoms with Crippen LogP contribution in [0.1, 0.15) is 57.1 Å². The van der Waals surface area contributed by atoms with Crippen molar-refractivity contribution in [3.63, 3.8) is 0 Å². The van der Waals surface area contributed by atoms with Gasteiger partial charge in [-0.3, -0.25) is 4.90 Å². The van der Waals surface area contributed by atoms with Gasteiger partial charge in [0.2, 0.25) is 0 Å². The van der Waals surface area contributed by atoms with Crippen molar-refractivity contribution in [2.24, 2.45) is 0 Å². The predicted molar refractivity (Wildman–Crippen MR) is 86.8 cm³/mol. The summed E-state index contributed by atoms with van der Waals surface area (Å²) in [6, 6.07) is 9.72. The predicted octanol–water partition coefficient (Wildman–Crippen LogP) is 3.95. The third-order valence-electron chi connectivity index (χ3n) is 4.55. The van der Waals surface area contributed by atoms with Crippen LogP contribution in [0, 0.1) is 0 Å². The van der Waals surface area contributed by atoms with Gasteiger partial charge in [-0.25, -0.2) is 0 Å². The van der Waals surface area contributed by atoms with Gasteiger partial charge in [0.25, 0.3) is 0 Å². The lowest BCUT2D eigenvalue weighted by molar-refractivity contribution is 0.155. The molecule has 2 rings (SSSR count). The van der Waals surface area contributed by atoms with Crippen LogP contribution in [0.2, 0.25) is 0 Å². The molecule has 0 amide bonds. The second-order valence-electron chi connectivity index (χ2n) is 5.90. The van der Waals surface area contributed by atoms with Crippen molar-refractivity contribution in [1.82, 2.24) is 10.2 Å². The quantitative estimate of drug-likeness (QED) is 0.810. The molecule has 1 fully saturated rings. The van der Waals surface area contributed by atoms with Gasteiger partial charge < -0.3 is 5.32 Å². The van der Waals surface area contributed by atoms with Crippen molar-refractivity contribution in [2.75, 3.05) is 13.1 Å². The molecule has 0 bridgehead atoms. The second kappa shape index (κ2) is 8.43. The van der Waals surface area contributed by atoms with Gasteiger partial charge >= 0.3 is 0 Å². The monoisotopic (exact) mass is 274 g/mol. The van der Waals surface area contributed by atoms with E-state index in [1.165, 1.54) is 49.8 Å². The lowest BCUT2D eigenvalue weighted by Crippen LogP contribution is -2.36. The van der Waals surface area contributed by atoms with Crippen LogP contribution >= 0.6 is 0 Å². The molecule has 112 valence electrons. The number of hydrogen-bond donors (Lipinski definition) is 1. The first-order valence-electron chi connectivity index (χ1n) is 8.36. The Labute approximate surface area is 124 Å². The molecule has 0 aromatic heterocycles. The average molecular weight is 274 g/mol. The summed E-state index contributed by atoms with van der Waals surface area (Å²) in [6.07, 6.45) is 7.05. The van der Waals surface area contributed by atoms with Crippen molar-refractivity contribution < 1.29 is 0 Å². The fourth-order valence-corrected chi connectivity index (χ4v) is 3.31. The SMILES string of the molecule is CCNCc1ccccc1CN(CC)C1CCCCC1. The summed E-state index contributed by atoms with van der Waals surface area (Å²) in [5.74, 6) is 0. The van der Waals surface area contributed by atoms with Crippen LogP contribution in [-0.2, 0) is 13.1 Å². The Morgan fingerprint density at radius 1 is 1.05 bits per heavy atom. The molecule has 0 spiro atoms. The Balaban J connectivity index is 2.02. The lowest BCUT2D eigenvalue weighted by Gasteiger charge is -2.34. The standard InChI is InChI=1S/C18H30N2/c1-3-19-14-16-10-8-9-11-17(16)15-20(4-2)18-12-6-5-7-13-18/h8-11,18-19H,3-7,12-15H2,1-2H3. The van der Waals surface area contributed by atoms with Crippen LogP contribution < -0.4 is 5.32 Å². The number of nitrogens with one attached hydrogen (secondary N) is 1. The molecule has 1 aromatic carbocycles. The van der Waals surface area contributed by atoms with E-state index in [4.69, 9.17) is 0 Å².